The molecule has 5 rings (SSSR count). The number of amidine groups is 2. The summed E-state index contributed by atoms with van der Waals surface area (Å²) in [4.78, 5) is 17.2. The third kappa shape index (κ3) is 4.48. The molecule has 8 heteroatoms. The Balaban J connectivity index is 1.42. The van der Waals surface area contributed by atoms with E-state index in [1.807, 2.05) is 55.6 Å². The third-order valence-corrected chi connectivity index (χ3v) is 7.68. The number of fused-ring (bicyclic) bond motifs is 2. The van der Waals surface area contributed by atoms with E-state index in [1.165, 1.54) is 16.8 Å². The monoisotopic (exact) mass is 499 g/mol. The number of aryl methyl sites for hydroxylation is 1. The Bertz CT molecular complexity index is 1430. The lowest BCUT2D eigenvalue weighted by molar-refractivity contribution is -0.114. The number of carbonyl (C=O) groups excluding carboxylic acids is 1. The van der Waals surface area contributed by atoms with Crippen LogP contribution in [0.5, 0.6) is 5.75 Å². The number of carbonyl (C=O) groups is 1. The molecule has 2 aliphatic heterocycles. The Labute approximate surface area is 215 Å². The van der Waals surface area contributed by atoms with Crippen LogP contribution in [0.1, 0.15) is 37.8 Å². The summed E-state index contributed by atoms with van der Waals surface area (Å²) in [5.41, 5.74) is 3.25. The van der Waals surface area contributed by atoms with Gasteiger partial charge in [-0.25, -0.2) is 0 Å². The van der Waals surface area contributed by atoms with Crippen molar-refractivity contribution >= 4 is 50.7 Å². The molecule has 1 aromatic heterocycles. The minimum Gasteiger partial charge on any atom is -0.491 e. The number of ether oxygens (including phenoxy) is 1. The van der Waals surface area contributed by atoms with Crippen molar-refractivity contribution in [3.63, 3.8) is 0 Å². The Morgan fingerprint density at radius 3 is 2.64 bits per heavy atom. The van der Waals surface area contributed by atoms with Gasteiger partial charge in [-0.15, -0.1) is 0 Å². The van der Waals surface area contributed by atoms with Crippen LogP contribution in [0.15, 0.2) is 70.4 Å². The topological polar surface area (TPSA) is 83.0 Å². The molecular weight excluding hydrogens is 470 g/mol. The summed E-state index contributed by atoms with van der Waals surface area (Å²) in [5.74, 6) is 0.846. The van der Waals surface area contributed by atoms with Crippen LogP contribution in [0, 0.1) is 18.3 Å². The lowest BCUT2D eigenvalue weighted by Gasteiger charge is -2.20. The van der Waals surface area contributed by atoms with Crippen molar-refractivity contribution in [1.82, 2.24) is 9.58 Å². The lowest BCUT2D eigenvalue weighted by Crippen LogP contribution is -2.35. The molecule has 7 nitrogen and oxygen atoms in total. The van der Waals surface area contributed by atoms with Crippen molar-refractivity contribution in [3.8, 4) is 5.75 Å². The van der Waals surface area contributed by atoms with Crippen molar-refractivity contribution < 1.29 is 9.53 Å². The zero-order valence-electron chi connectivity index (χ0n) is 20.7. The van der Waals surface area contributed by atoms with Gasteiger partial charge >= 0.3 is 0 Å². The summed E-state index contributed by atoms with van der Waals surface area (Å²) < 4.78 is 8.14. The van der Waals surface area contributed by atoms with Crippen molar-refractivity contribution in [1.29, 1.82) is 5.41 Å². The average Bonchev–Trinajstić information content (AvgIpc) is 3.46. The van der Waals surface area contributed by atoms with Crippen LogP contribution < -0.4 is 4.74 Å². The molecule has 1 amide bonds. The molecule has 0 saturated heterocycles. The molecule has 1 N–H and O–H groups in total. The van der Waals surface area contributed by atoms with Crippen LogP contribution in [-0.4, -0.2) is 38.1 Å². The molecule has 36 heavy (non-hydrogen) atoms. The van der Waals surface area contributed by atoms with Gasteiger partial charge in [0, 0.05) is 28.6 Å². The number of benzene rings is 2. The molecular formula is C28H29N5O2S. The van der Waals surface area contributed by atoms with Crippen molar-refractivity contribution in [2.45, 2.75) is 40.2 Å². The van der Waals surface area contributed by atoms with Crippen LogP contribution in [0.25, 0.3) is 17.0 Å². The maximum atomic E-state index is 13.0. The molecule has 3 heterocycles. The fourth-order valence-corrected chi connectivity index (χ4v) is 5.67. The van der Waals surface area contributed by atoms with Gasteiger partial charge in [0.05, 0.1) is 12.1 Å². The van der Waals surface area contributed by atoms with Gasteiger partial charge < -0.3 is 9.30 Å². The Morgan fingerprint density at radius 2 is 1.86 bits per heavy atom. The molecule has 0 fully saturated rings. The first-order valence-corrected chi connectivity index (χ1v) is 13.1. The van der Waals surface area contributed by atoms with Crippen LogP contribution >= 0.6 is 11.8 Å². The van der Waals surface area contributed by atoms with E-state index in [0.29, 0.717) is 24.2 Å². The zero-order chi connectivity index (χ0) is 25.2. The van der Waals surface area contributed by atoms with Gasteiger partial charge in [-0.3, -0.25) is 10.2 Å². The van der Waals surface area contributed by atoms with Crippen LogP contribution in [-0.2, 0) is 11.3 Å². The van der Waals surface area contributed by atoms with Gasteiger partial charge in [0.1, 0.15) is 17.4 Å². The largest absolute Gasteiger partial charge is 0.491 e. The molecule has 0 atom stereocenters. The molecule has 2 aliphatic rings. The summed E-state index contributed by atoms with van der Waals surface area (Å²) in [6.07, 6.45) is 5.69. The first-order chi connectivity index (χ1) is 17.5. The van der Waals surface area contributed by atoms with E-state index in [0.717, 1.165) is 45.7 Å². The predicted molar refractivity (Wildman–Crippen MR) is 148 cm³/mol. The number of amides is 1. The number of hydrazone groups is 1. The van der Waals surface area contributed by atoms with Gasteiger partial charge in [0.15, 0.2) is 5.84 Å². The van der Waals surface area contributed by atoms with Crippen molar-refractivity contribution in [2.24, 2.45) is 16.0 Å². The first-order valence-electron chi connectivity index (χ1n) is 12.3. The number of hydrogen-bond donors (Lipinski definition) is 1. The standard InChI is InChI=1S/C28H29N5O2S/c1-4-19(5-2)27-31-33-25(29)22(26(34)30-28(33)36-27)16-20-17-32(23-12-8-7-11-21(20)23)14-15-35-24-13-9-6-10-18(24)3/h6-13,16-17,19,29H,4-5,14-15H2,1-3H3/b22-16+,29-25?. The van der Waals surface area contributed by atoms with E-state index < -0.39 is 5.91 Å². The first kappa shape index (κ1) is 24.1. The second kappa shape index (κ2) is 10.1. The van der Waals surface area contributed by atoms with Gasteiger partial charge in [-0.1, -0.05) is 50.2 Å². The quantitative estimate of drug-likeness (QED) is 0.381. The third-order valence-electron chi connectivity index (χ3n) is 6.61. The van der Waals surface area contributed by atoms with Crippen molar-refractivity contribution in [3.05, 3.63) is 71.4 Å². The fourth-order valence-electron chi connectivity index (χ4n) is 4.51. The highest BCUT2D eigenvalue weighted by molar-refractivity contribution is 8.27. The number of nitrogens with one attached hydrogen (secondary N) is 1. The molecule has 3 aromatic rings. The summed E-state index contributed by atoms with van der Waals surface area (Å²) in [6.45, 7) is 7.45. The predicted octanol–water partition coefficient (Wildman–Crippen LogP) is 6.08. The van der Waals surface area contributed by atoms with E-state index in [2.05, 4.69) is 34.6 Å². The highest BCUT2D eigenvalue weighted by atomic mass is 32.2. The molecule has 0 radical (unpaired) electrons. The Kier molecular flexibility index (Phi) is 6.78. The number of aliphatic imine (C=N–C) groups is 1. The van der Waals surface area contributed by atoms with Gasteiger partial charge in [0.2, 0.25) is 5.17 Å². The zero-order valence-corrected chi connectivity index (χ0v) is 21.5. The van der Waals surface area contributed by atoms with Gasteiger partial charge in [-0.05, 0) is 55.3 Å². The summed E-state index contributed by atoms with van der Waals surface area (Å²) in [6, 6.07) is 16.0. The number of rotatable bonds is 8. The number of thioether (sulfide) groups is 1. The molecule has 0 unspecified atom stereocenters. The number of hydrogen-bond acceptors (Lipinski definition) is 5. The summed E-state index contributed by atoms with van der Waals surface area (Å²) in [5, 5.41) is 17.3. The normalized spacial score (nSPS) is 16.7. The molecule has 184 valence electrons. The Hall–Kier alpha value is -3.65. The maximum absolute atomic E-state index is 13.0. The fraction of sp³-hybridized carbons (Fsp3) is 0.286. The average molecular weight is 500 g/mol. The van der Waals surface area contributed by atoms with E-state index in [-0.39, 0.29) is 11.4 Å². The second-order valence-corrected chi connectivity index (χ2v) is 9.87. The number of para-hydroxylation sites is 2. The van der Waals surface area contributed by atoms with Gasteiger partial charge in [-0.2, -0.15) is 15.1 Å². The highest BCUT2D eigenvalue weighted by Crippen LogP contribution is 2.33. The minimum absolute atomic E-state index is 0.0678. The Morgan fingerprint density at radius 1 is 1.11 bits per heavy atom. The summed E-state index contributed by atoms with van der Waals surface area (Å²) >= 11 is 1.40. The molecule has 0 bridgehead atoms. The van der Waals surface area contributed by atoms with Crippen LogP contribution in [0.3, 0.4) is 0 Å². The van der Waals surface area contributed by atoms with E-state index in [4.69, 9.17) is 10.1 Å². The smallest absolute Gasteiger partial charge is 0.283 e. The lowest BCUT2D eigenvalue weighted by atomic mass is 10.1. The minimum atomic E-state index is -0.403. The van der Waals surface area contributed by atoms with Crippen LogP contribution in [0.2, 0.25) is 0 Å². The van der Waals surface area contributed by atoms with E-state index in [9.17, 15) is 4.79 Å². The highest BCUT2D eigenvalue weighted by Gasteiger charge is 2.37. The number of nitrogens with zero attached hydrogens (tertiary/aromatic N) is 4. The van der Waals surface area contributed by atoms with Crippen LogP contribution in [0.4, 0.5) is 0 Å². The summed E-state index contributed by atoms with van der Waals surface area (Å²) in [7, 11) is 0. The van der Waals surface area contributed by atoms with E-state index >= 15 is 0 Å². The molecule has 2 aromatic carbocycles. The molecule has 0 saturated carbocycles. The van der Waals surface area contributed by atoms with Crippen molar-refractivity contribution in [2.75, 3.05) is 6.61 Å². The second-order valence-electron chi connectivity index (χ2n) is 8.88. The maximum Gasteiger partial charge on any atom is 0.283 e. The van der Waals surface area contributed by atoms with Gasteiger partial charge in [0.25, 0.3) is 5.91 Å². The molecule has 0 spiro atoms. The molecule has 0 aliphatic carbocycles. The SMILES string of the molecule is CCC(CC)C1=NN2C(=N)/C(=C\c3cn(CCOc4ccccc4C)c4ccccc34)C(=O)N=C2S1. The number of aromatic nitrogens is 1. The van der Waals surface area contributed by atoms with E-state index in [1.54, 1.807) is 6.08 Å².